The average molecular weight is 413 g/mol. The van der Waals surface area contributed by atoms with Crippen molar-refractivity contribution in [2.75, 3.05) is 23.4 Å². The van der Waals surface area contributed by atoms with E-state index in [0.717, 1.165) is 23.4 Å². The highest BCUT2D eigenvalue weighted by Gasteiger charge is 2.44. The van der Waals surface area contributed by atoms with Gasteiger partial charge >= 0.3 is 0 Å². The van der Waals surface area contributed by atoms with Crippen molar-refractivity contribution in [1.82, 2.24) is 10.7 Å². The van der Waals surface area contributed by atoms with Gasteiger partial charge < -0.3 is 10.6 Å². The first-order valence-corrected chi connectivity index (χ1v) is 10.3. The first-order valence-electron chi connectivity index (χ1n) is 9.96. The molecule has 0 radical (unpaired) electrons. The van der Waals surface area contributed by atoms with E-state index in [9.17, 15) is 9.59 Å². The Morgan fingerprint density at radius 3 is 2.72 bits per heavy atom. The molecule has 1 saturated heterocycles. The van der Waals surface area contributed by atoms with Crippen molar-refractivity contribution in [2.45, 2.75) is 26.3 Å². The molecule has 29 heavy (non-hydrogen) atoms. The van der Waals surface area contributed by atoms with E-state index in [1.54, 1.807) is 17.1 Å². The molecule has 7 heteroatoms. The molecule has 2 aliphatic rings. The molecule has 0 aliphatic carbocycles. The fourth-order valence-electron chi connectivity index (χ4n) is 3.80. The topological polar surface area (TPSA) is 73.5 Å². The van der Waals surface area contributed by atoms with Crippen LogP contribution in [0.2, 0.25) is 5.02 Å². The molecule has 4 rings (SSSR count). The maximum Gasteiger partial charge on any atom is 0.251 e. The SMILES string of the molecule is CC(C)CCNC(=O)c1ccc2c(c1)C1NN(c3ccc(Cl)cc3)C(=O)C1CN2. The van der Waals surface area contributed by atoms with Crippen LogP contribution in [-0.4, -0.2) is 24.9 Å². The van der Waals surface area contributed by atoms with Gasteiger partial charge in [-0.3, -0.25) is 9.59 Å². The molecule has 1 fully saturated rings. The van der Waals surface area contributed by atoms with Crippen molar-refractivity contribution in [3.63, 3.8) is 0 Å². The van der Waals surface area contributed by atoms with Crippen molar-refractivity contribution in [1.29, 1.82) is 0 Å². The molecule has 0 bridgehead atoms. The van der Waals surface area contributed by atoms with E-state index in [0.29, 0.717) is 29.6 Å². The van der Waals surface area contributed by atoms with Crippen molar-refractivity contribution >= 4 is 34.8 Å². The number of carbonyl (C=O) groups excluding carboxylic acids is 2. The quantitative estimate of drug-likeness (QED) is 0.699. The molecule has 2 aliphatic heterocycles. The third-order valence-electron chi connectivity index (χ3n) is 5.46. The number of amides is 2. The number of benzene rings is 2. The summed E-state index contributed by atoms with van der Waals surface area (Å²) in [6.07, 6.45) is 0.940. The predicted octanol–water partition coefficient (Wildman–Crippen LogP) is 3.75. The van der Waals surface area contributed by atoms with Crippen LogP contribution in [0.3, 0.4) is 0 Å². The van der Waals surface area contributed by atoms with E-state index in [1.807, 2.05) is 30.3 Å². The smallest absolute Gasteiger partial charge is 0.251 e. The number of fused-ring (bicyclic) bond motifs is 3. The van der Waals surface area contributed by atoms with E-state index in [1.165, 1.54) is 0 Å². The third-order valence-corrected chi connectivity index (χ3v) is 5.71. The summed E-state index contributed by atoms with van der Waals surface area (Å²) in [6.45, 7) is 5.46. The van der Waals surface area contributed by atoms with E-state index in [-0.39, 0.29) is 23.8 Å². The predicted molar refractivity (Wildman–Crippen MR) is 115 cm³/mol. The molecule has 6 nitrogen and oxygen atoms in total. The Hall–Kier alpha value is -2.57. The molecule has 2 aromatic rings. The van der Waals surface area contributed by atoms with Gasteiger partial charge in [0.2, 0.25) is 5.91 Å². The second-order valence-electron chi connectivity index (χ2n) is 7.98. The third kappa shape index (κ3) is 3.95. The molecular weight excluding hydrogens is 388 g/mol. The first-order chi connectivity index (χ1) is 13.9. The fourth-order valence-corrected chi connectivity index (χ4v) is 3.93. The van der Waals surface area contributed by atoms with E-state index < -0.39 is 0 Å². The molecular formula is C22H25ClN4O2. The lowest BCUT2D eigenvalue weighted by Gasteiger charge is -2.27. The van der Waals surface area contributed by atoms with Crippen LogP contribution >= 0.6 is 11.6 Å². The van der Waals surface area contributed by atoms with Gasteiger partial charge in [0.15, 0.2) is 0 Å². The summed E-state index contributed by atoms with van der Waals surface area (Å²) in [5, 5.41) is 8.51. The normalized spacial score (nSPS) is 20.3. The number of hydrogen-bond donors (Lipinski definition) is 3. The van der Waals surface area contributed by atoms with Gasteiger partial charge in [-0.25, -0.2) is 10.4 Å². The zero-order valence-corrected chi connectivity index (χ0v) is 17.3. The molecule has 0 aromatic heterocycles. The molecule has 0 spiro atoms. The van der Waals surface area contributed by atoms with Gasteiger partial charge in [0, 0.05) is 29.4 Å². The highest BCUT2D eigenvalue weighted by Crippen LogP contribution is 2.40. The Morgan fingerprint density at radius 2 is 2.00 bits per heavy atom. The monoisotopic (exact) mass is 412 g/mol. The number of hydrazine groups is 1. The minimum atomic E-state index is -0.238. The second kappa shape index (κ2) is 8.05. The summed E-state index contributed by atoms with van der Waals surface area (Å²) in [5.74, 6) is 0.213. The van der Waals surface area contributed by atoms with Crippen molar-refractivity contribution in [3.05, 3.63) is 58.6 Å². The van der Waals surface area contributed by atoms with Gasteiger partial charge in [-0.1, -0.05) is 25.4 Å². The zero-order valence-electron chi connectivity index (χ0n) is 16.5. The lowest BCUT2D eigenvalue weighted by molar-refractivity contribution is -0.120. The minimum Gasteiger partial charge on any atom is -0.384 e. The van der Waals surface area contributed by atoms with Crippen LogP contribution in [0.5, 0.6) is 0 Å². The summed E-state index contributed by atoms with van der Waals surface area (Å²) in [7, 11) is 0. The standard InChI is InChI=1S/C22H25ClN4O2/c1-13(2)9-10-24-21(28)14-3-8-19-17(11-14)20-18(12-25-19)22(29)27(26-20)16-6-4-15(23)5-7-16/h3-8,11,13,18,20,25-26H,9-10,12H2,1-2H3,(H,24,28). The Morgan fingerprint density at radius 1 is 1.24 bits per heavy atom. The Balaban J connectivity index is 1.56. The van der Waals surface area contributed by atoms with Gasteiger partial charge in [-0.2, -0.15) is 0 Å². The van der Waals surface area contributed by atoms with E-state index in [4.69, 9.17) is 11.6 Å². The molecule has 2 unspecified atom stereocenters. The molecule has 2 amide bonds. The molecule has 2 aromatic carbocycles. The summed E-state index contributed by atoms with van der Waals surface area (Å²) in [6, 6.07) is 12.6. The fraction of sp³-hybridized carbons (Fsp3) is 0.364. The molecule has 2 atom stereocenters. The summed E-state index contributed by atoms with van der Waals surface area (Å²) in [5.41, 5.74) is 6.56. The number of hydrogen-bond acceptors (Lipinski definition) is 4. The van der Waals surface area contributed by atoms with Crippen LogP contribution in [0.1, 0.15) is 42.2 Å². The first kappa shape index (κ1) is 19.7. The van der Waals surface area contributed by atoms with E-state index in [2.05, 4.69) is 29.9 Å². The Kier molecular flexibility index (Phi) is 5.48. The van der Waals surface area contributed by atoms with E-state index >= 15 is 0 Å². The van der Waals surface area contributed by atoms with Gasteiger partial charge in [0.25, 0.3) is 5.91 Å². The number of nitrogens with one attached hydrogen (secondary N) is 3. The van der Waals surface area contributed by atoms with Crippen LogP contribution in [0.4, 0.5) is 11.4 Å². The molecule has 152 valence electrons. The van der Waals surface area contributed by atoms with Gasteiger partial charge in [0.1, 0.15) is 0 Å². The zero-order chi connectivity index (χ0) is 20.5. The summed E-state index contributed by atoms with van der Waals surface area (Å²) >= 11 is 5.97. The number of anilines is 2. The minimum absolute atomic E-state index is 0.00209. The number of rotatable bonds is 5. The Bertz CT molecular complexity index is 929. The second-order valence-corrected chi connectivity index (χ2v) is 8.42. The maximum atomic E-state index is 13.0. The highest BCUT2D eigenvalue weighted by atomic mass is 35.5. The van der Waals surface area contributed by atoms with Crippen LogP contribution in [0.25, 0.3) is 0 Å². The van der Waals surface area contributed by atoms with Gasteiger partial charge in [-0.15, -0.1) is 0 Å². The summed E-state index contributed by atoms with van der Waals surface area (Å²) < 4.78 is 0. The molecule has 2 heterocycles. The lowest BCUT2D eigenvalue weighted by Crippen LogP contribution is -2.35. The molecule has 3 N–H and O–H groups in total. The molecule has 0 saturated carbocycles. The number of nitrogens with zero attached hydrogens (tertiary/aromatic N) is 1. The van der Waals surface area contributed by atoms with Crippen molar-refractivity contribution in [2.24, 2.45) is 11.8 Å². The van der Waals surface area contributed by atoms with Crippen LogP contribution in [-0.2, 0) is 4.79 Å². The maximum absolute atomic E-state index is 13.0. The summed E-state index contributed by atoms with van der Waals surface area (Å²) in [4.78, 5) is 25.5. The van der Waals surface area contributed by atoms with Crippen LogP contribution in [0, 0.1) is 11.8 Å². The average Bonchev–Trinajstić information content (AvgIpc) is 3.05. The van der Waals surface area contributed by atoms with Crippen molar-refractivity contribution < 1.29 is 9.59 Å². The largest absolute Gasteiger partial charge is 0.384 e. The van der Waals surface area contributed by atoms with Gasteiger partial charge in [-0.05, 0) is 60.4 Å². The van der Waals surface area contributed by atoms with Crippen LogP contribution in [0.15, 0.2) is 42.5 Å². The lowest BCUT2D eigenvalue weighted by atomic mass is 9.88. The van der Waals surface area contributed by atoms with Gasteiger partial charge in [0.05, 0.1) is 17.6 Å². The van der Waals surface area contributed by atoms with Crippen LogP contribution < -0.4 is 21.1 Å². The number of halogens is 1. The number of carbonyl (C=O) groups is 2. The Labute approximate surface area is 175 Å². The van der Waals surface area contributed by atoms with Crippen molar-refractivity contribution in [3.8, 4) is 0 Å². The highest BCUT2D eigenvalue weighted by molar-refractivity contribution is 6.30.